The van der Waals surface area contributed by atoms with Gasteiger partial charge in [0.2, 0.25) is 0 Å². The predicted molar refractivity (Wildman–Crippen MR) is 95.7 cm³/mol. The third-order valence-electron chi connectivity index (χ3n) is 3.95. The van der Waals surface area contributed by atoms with Crippen molar-refractivity contribution in [1.82, 2.24) is 5.48 Å². The number of carbonyl (C=O) groups excluding carboxylic acids is 2. The second-order valence-corrected chi connectivity index (χ2v) is 5.98. The van der Waals surface area contributed by atoms with Gasteiger partial charge in [-0.25, -0.2) is 4.79 Å². The highest BCUT2D eigenvalue weighted by atomic mass is 35.5. The highest BCUT2D eigenvalue weighted by molar-refractivity contribution is 6.31. The second-order valence-electron chi connectivity index (χ2n) is 5.57. The molecule has 0 aliphatic carbocycles. The Morgan fingerprint density at radius 1 is 1.04 bits per heavy atom. The molecule has 0 unspecified atom stereocenters. The molecular weight excluding hydrogens is 342 g/mol. The molecule has 6 heteroatoms. The third kappa shape index (κ3) is 4.97. The molecule has 2 aromatic rings. The van der Waals surface area contributed by atoms with Crippen LogP contribution >= 0.6 is 11.6 Å². The molecule has 0 aliphatic rings. The van der Waals surface area contributed by atoms with Crippen LogP contribution in [0.2, 0.25) is 5.02 Å². The summed E-state index contributed by atoms with van der Waals surface area (Å²) in [7, 11) is 0. The summed E-state index contributed by atoms with van der Waals surface area (Å²) >= 11 is 6.22. The maximum Gasteiger partial charge on any atom is 0.538 e. The lowest BCUT2D eigenvalue weighted by Gasteiger charge is -2.14. The molecule has 0 saturated heterocycles. The van der Waals surface area contributed by atoms with Crippen molar-refractivity contribution in [1.29, 1.82) is 0 Å². The van der Waals surface area contributed by atoms with Crippen molar-refractivity contribution in [2.45, 2.75) is 33.6 Å². The van der Waals surface area contributed by atoms with Crippen LogP contribution in [0, 0.1) is 13.8 Å². The summed E-state index contributed by atoms with van der Waals surface area (Å²) in [6, 6.07) is 11.3. The van der Waals surface area contributed by atoms with Gasteiger partial charge in [0, 0.05) is 11.4 Å². The van der Waals surface area contributed by atoms with Gasteiger partial charge in [-0.15, -0.1) is 0 Å². The standard InChI is InChI=1S/C19H20ClNO4/c1-4-18(22)21-25-19(23)24-17-10-9-14(12(2)13(17)3)11-15-7-5-6-8-16(15)20/h5-10H,4,11H2,1-3H3,(H,21,22). The van der Waals surface area contributed by atoms with Gasteiger partial charge in [0.15, 0.2) is 0 Å². The van der Waals surface area contributed by atoms with E-state index in [-0.39, 0.29) is 6.42 Å². The van der Waals surface area contributed by atoms with Crippen LogP contribution in [0.25, 0.3) is 0 Å². The van der Waals surface area contributed by atoms with Gasteiger partial charge in [-0.2, -0.15) is 5.48 Å². The summed E-state index contributed by atoms with van der Waals surface area (Å²) in [5, 5.41) is 0.718. The average molecular weight is 362 g/mol. The van der Waals surface area contributed by atoms with Crippen molar-refractivity contribution < 1.29 is 19.2 Å². The number of ether oxygens (including phenoxy) is 1. The Morgan fingerprint density at radius 2 is 1.76 bits per heavy atom. The van der Waals surface area contributed by atoms with Crippen LogP contribution in [0.3, 0.4) is 0 Å². The van der Waals surface area contributed by atoms with Gasteiger partial charge in [-0.05, 0) is 54.7 Å². The molecule has 0 spiro atoms. The van der Waals surface area contributed by atoms with Crippen molar-refractivity contribution in [3.63, 3.8) is 0 Å². The second kappa shape index (κ2) is 8.53. The van der Waals surface area contributed by atoms with Crippen LogP contribution in [0.5, 0.6) is 5.75 Å². The SMILES string of the molecule is CCC(=O)NOC(=O)Oc1ccc(Cc2ccccc2Cl)c(C)c1C. The van der Waals surface area contributed by atoms with Crippen molar-refractivity contribution in [3.8, 4) is 5.75 Å². The van der Waals surface area contributed by atoms with Gasteiger partial charge >= 0.3 is 6.16 Å². The van der Waals surface area contributed by atoms with Crippen molar-refractivity contribution in [3.05, 3.63) is 63.7 Å². The van der Waals surface area contributed by atoms with Crippen LogP contribution < -0.4 is 10.2 Å². The zero-order valence-electron chi connectivity index (χ0n) is 14.4. The molecule has 25 heavy (non-hydrogen) atoms. The first-order chi connectivity index (χ1) is 11.9. The zero-order valence-corrected chi connectivity index (χ0v) is 15.1. The van der Waals surface area contributed by atoms with Crippen LogP contribution in [-0.4, -0.2) is 12.1 Å². The van der Waals surface area contributed by atoms with Crippen LogP contribution in [0.4, 0.5) is 4.79 Å². The predicted octanol–water partition coefficient (Wildman–Crippen LogP) is 4.50. The molecule has 132 valence electrons. The van der Waals surface area contributed by atoms with E-state index in [9.17, 15) is 9.59 Å². The quantitative estimate of drug-likeness (QED) is 0.494. The minimum Gasteiger partial charge on any atom is -0.393 e. The number of hydroxylamine groups is 1. The Morgan fingerprint density at radius 3 is 2.44 bits per heavy atom. The molecule has 1 amide bonds. The van der Waals surface area contributed by atoms with E-state index in [1.165, 1.54) is 0 Å². The highest BCUT2D eigenvalue weighted by Crippen LogP contribution is 2.27. The summed E-state index contributed by atoms with van der Waals surface area (Å²) in [4.78, 5) is 27.3. The van der Waals surface area contributed by atoms with Crippen molar-refractivity contribution in [2.75, 3.05) is 0 Å². The molecule has 0 bridgehead atoms. The molecule has 2 rings (SSSR count). The lowest BCUT2D eigenvalue weighted by molar-refractivity contribution is -0.130. The van der Waals surface area contributed by atoms with E-state index >= 15 is 0 Å². The van der Waals surface area contributed by atoms with Gasteiger partial charge in [-0.3, -0.25) is 4.79 Å². The average Bonchev–Trinajstić information content (AvgIpc) is 2.61. The van der Waals surface area contributed by atoms with Crippen LogP contribution in [-0.2, 0) is 16.1 Å². The molecule has 0 aromatic heterocycles. The molecule has 1 N–H and O–H groups in total. The summed E-state index contributed by atoms with van der Waals surface area (Å²) in [5.74, 6) is -0.0175. The van der Waals surface area contributed by atoms with E-state index in [0.29, 0.717) is 12.2 Å². The van der Waals surface area contributed by atoms with E-state index in [1.54, 1.807) is 13.0 Å². The van der Waals surface area contributed by atoms with E-state index in [0.717, 1.165) is 27.3 Å². The van der Waals surface area contributed by atoms with Gasteiger partial charge < -0.3 is 9.57 Å². The van der Waals surface area contributed by atoms with Gasteiger partial charge in [-0.1, -0.05) is 42.8 Å². The molecular formula is C19H20ClNO4. The highest BCUT2D eigenvalue weighted by Gasteiger charge is 2.14. The number of amides is 1. The Hall–Kier alpha value is -2.53. The normalized spacial score (nSPS) is 10.2. The number of rotatable bonds is 4. The van der Waals surface area contributed by atoms with Crippen molar-refractivity contribution in [2.24, 2.45) is 0 Å². The zero-order chi connectivity index (χ0) is 18.4. The van der Waals surface area contributed by atoms with E-state index < -0.39 is 12.1 Å². The molecule has 0 heterocycles. The number of hydrogen-bond donors (Lipinski definition) is 1. The minimum atomic E-state index is -0.983. The number of halogens is 1. The molecule has 0 atom stereocenters. The number of carbonyl (C=O) groups is 2. The monoisotopic (exact) mass is 361 g/mol. The number of benzene rings is 2. The van der Waals surface area contributed by atoms with Gasteiger partial charge in [0.1, 0.15) is 5.75 Å². The first-order valence-electron chi connectivity index (χ1n) is 7.92. The Bertz CT molecular complexity index is 789. The first kappa shape index (κ1) is 18.8. The van der Waals surface area contributed by atoms with Crippen molar-refractivity contribution >= 4 is 23.7 Å². The largest absolute Gasteiger partial charge is 0.538 e. The van der Waals surface area contributed by atoms with Gasteiger partial charge in [0.05, 0.1) is 0 Å². The number of nitrogens with one attached hydrogen (secondary N) is 1. The smallest absolute Gasteiger partial charge is 0.393 e. The van der Waals surface area contributed by atoms with E-state index in [4.69, 9.17) is 16.3 Å². The maximum absolute atomic E-state index is 11.6. The molecule has 0 saturated carbocycles. The summed E-state index contributed by atoms with van der Waals surface area (Å²) in [5.41, 5.74) is 5.95. The molecule has 0 aliphatic heterocycles. The Kier molecular flexibility index (Phi) is 6.42. The lowest BCUT2D eigenvalue weighted by atomic mass is 9.96. The van der Waals surface area contributed by atoms with E-state index in [1.807, 2.05) is 49.7 Å². The Balaban J connectivity index is 2.10. The number of hydrogen-bond acceptors (Lipinski definition) is 4. The lowest BCUT2D eigenvalue weighted by Crippen LogP contribution is -2.28. The molecule has 0 fully saturated rings. The fraction of sp³-hybridized carbons (Fsp3) is 0.263. The minimum absolute atomic E-state index is 0.210. The topological polar surface area (TPSA) is 64.6 Å². The molecule has 5 nitrogen and oxygen atoms in total. The summed E-state index contributed by atoms with van der Waals surface area (Å²) in [6.07, 6.45) is -0.0886. The fourth-order valence-corrected chi connectivity index (χ4v) is 2.48. The maximum atomic E-state index is 11.6. The fourth-order valence-electron chi connectivity index (χ4n) is 2.28. The van der Waals surface area contributed by atoms with Crippen LogP contribution in [0.15, 0.2) is 36.4 Å². The molecule has 2 aromatic carbocycles. The summed E-state index contributed by atoms with van der Waals surface area (Å²) < 4.78 is 5.15. The molecule has 0 radical (unpaired) electrons. The van der Waals surface area contributed by atoms with E-state index in [2.05, 4.69) is 4.84 Å². The Labute approximate surface area is 151 Å². The summed E-state index contributed by atoms with van der Waals surface area (Å²) in [6.45, 7) is 5.46. The third-order valence-corrected chi connectivity index (χ3v) is 4.32. The van der Waals surface area contributed by atoms with Gasteiger partial charge in [0.25, 0.3) is 5.91 Å². The van der Waals surface area contributed by atoms with Crippen LogP contribution in [0.1, 0.15) is 35.6 Å². The first-order valence-corrected chi connectivity index (χ1v) is 8.30.